The fourth-order valence-corrected chi connectivity index (χ4v) is 1.77. The Morgan fingerprint density at radius 3 is 2.56 bits per heavy atom. The van der Waals surface area contributed by atoms with Gasteiger partial charge in [-0.05, 0) is 33.6 Å². The van der Waals surface area contributed by atoms with Crippen molar-refractivity contribution in [3.05, 3.63) is 0 Å². The van der Waals surface area contributed by atoms with Crippen LogP contribution in [0.25, 0.3) is 0 Å². The van der Waals surface area contributed by atoms with Crippen molar-refractivity contribution in [3.63, 3.8) is 0 Å². The lowest BCUT2D eigenvalue weighted by Gasteiger charge is -2.22. The number of rotatable bonds is 7. The van der Waals surface area contributed by atoms with E-state index in [0.29, 0.717) is 19.3 Å². The highest BCUT2D eigenvalue weighted by Crippen LogP contribution is 2.45. The molecular weight excluding hydrogens is 234 g/mol. The number of carbonyl (C=O) groups is 1. The van der Waals surface area contributed by atoms with Crippen molar-refractivity contribution in [2.45, 2.75) is 51.7 Å². The normalized spacial score (nSPS) is 18.8. The van der Waals surface area contributed by atoms with Crippen LogP contribution in [0, 0.1) is 16.7 Å². The molecule has 0 heterocycles. The number of aliphatic hydroxyl groups is 1. The van der Waals surface area contributed by atoms with Crippen molar-refractivity contribution in [2.24, 2.45) is 5.41 Å². The predicted molar refractivity (Wildman–Crippen MR) is 64.6 cm³/mol. The van der Waals surface area contributed by atoms with Gasteiger partial charge in [0.15, 0.2) is 5.41 Å². The second-order valence-electron chi connectivity index (χ2n) is 5.53. The maximum atomic E-state index is 11.5. The highest BCUT2D eigenvalue weighted by molar-refractivity contribution is 5.83. The van der Waals surface area contributed by atoms with E-state index in [0.717, 1.165) is 0 Å². The Balaban J connectivity index is 2.12. The van der Waals surface area contributed by atoms with Gasteiger partial charge in [-0.1, -0.05) is 0 Å². The highest BCUT2D eigenvalue weighted by atomic mass is 16.6. The molecule has 0 radical (unpaired) electrons. The molecule has 0 spiro atoms. The zero-order chi connectivity index (χ0) is 13.8. The monoisotopic (exact) mass is 255 g/mol. The molecule has 18 heavy (non-hydrogen) atoms. The molecule has 1 atom stereocenters. The first-order chi connectivity index (χ1) is 8.29. The average molecular weight is 255 g/mol. The zero-order valence-electron chi connectivity index (χ0n) is 11.2. The van der Waals surface area contributed by atoms with E-state index in [1.54, 1.807) is 13.8 Å². The van der Waals surface area contributed by atoms with Crippen LogP contribution in [-0.2, 0) is 14.3 Å². The molecule has 5 nitrogen and oxygen atoms in total. The van der Waals surface area contributed by atoms with Crippen LogP contribution in [0.15, 0.2) is 0 Å². The van der Waals surface area contributed by atoms with Gasteiger partial charge in [-0.3, -0.25) is 4.79 Å². The quantitative estimate of drug-likeness (QED) is 0.549. The van der Waals surface area contributed by atoms with Gasteiger partial charge >= 0.3 is 5.97 Å². The summed E-state index contributed by atoms with van der Waals surface area (Å²) in [5.74, 6) is -0.441. The number of hydrogen-bond acceptors (Lipinski definition) is 5. The van der Waals surface area contributed by atoms with Gasteiger partial charge in [0, 0.05) is 6.42 Å². The molecule has 102 valence electrons. The maximum absolute atomic E-state index is 11.5. The van der Waals surface area contributed by atoms with Crippen LogP contribution in [0.1, 0.15) is 40.0 Å². The van der Waals surface area contributed by atoms with Crippen molar-refractivity contribution in [3.8, 4) is 6.07 Å². The summed E-state index contributed by atoms with van der Waals surface area (Å²) < 4.78 is 10.4. The third kappa shape index (κ3) is 4.63. The van der Waals surface area contributed by atoms with Crippen molar-refractivity contribution >= 4 is 5.97 Å². The molecule has 0 amide bonds. The highest BCUT2D eigenvalue weighted by Gasteiger charge is 2.52. The molecule has 0 aromatic heterocycles. The van der Waals surface area contributed by atoms with Crippen LogP contribution in [0.5, 0.6) is 0 Å². The van der Waals surface area contributed by atoms with E-state index in [2.05, 4.69) is 0 Å². The molecule has 1 aliphatic carbocycles. The number of nitriles is 1. The second-order valence-corrected chi connectivity index (χ2v) is 5.53. The van der Waals surface area contributed by atoms with Crippen LogP contribution in [0.2, 0.25) is 0 Å². The van der Waals surface area contributed by atoms with Crippen LogP contribution in [-0.4, -0.2) is 36.0 Å². The Morgan fingerprint density at radius 1 is 1.50 bits per heavy atom. The van der Waals surface area contributed by atoms with Gasteiger partial charge in [0.05, 0.1) is 24.4 Å². The molecule has 0 aromatic rings. The second kappa shape index (κ2) is 5.68. The average Bonchev–Trinajstić information content (AvgIpc) is 3.02. The Kier molecular flexibility index (Phi) is 4.71. The largest absolute Gasteiger partial charge is 0.462 e. The SMILES string of the molecule is CC(CC(C)(C)O)OCCOC(=O)C1(C#N)CC1. The van der Waals surface area contributed by atoms with Crippen LogP contribution < -0.4 is 0 Å². The van der Waals surface area contributed by atoms with E-state index in [4.69, 9.17) is 14.7 Å². The Bertz CT molecular complexity index is 336. The lowest BCUT2D eigenvalue weighted by molar-refractivity contribution is -0.150. The van der Waals surface area contributed by atoms with Gasteiger partial charge < -0.3 is 14.6 Å². The van der Waals surface area contributed by atoms with Crippen LogP contribution >= 0.6 is 0 Å². The molecule has 0 saturated heterocycles. The summed E-state index contributed by atoms with van der Waals surface area (Å²) in [5.41, 5.74) is -1.65. The van der Waals surface area contributed by atoms with E-state index in [-0.39, 0.29) is 19.3 Å². The lowest BCUT2D eigenvalue weighted by atomic mass is 10.0. The summed E-state index contributed by atoms with van der Waals surface area (Å²) in [6.07, 6.45) is 1.61. The predicted octanol–water partition coefficient (Wildman–Crippen LogP) is 1.40. The van der Waals surface area contributed by atoms with E-state index in [9.17, 15) is 9.90 Å². The van der Waals surface area contributed by atoms with Gasteiger partial charge in [-0.15, -0.1) is 0 Å². The fraction of sp³-hybridized carbons (Fsp3) is 0.846. The Labute approximate surface area is 108 Å². The standard InChI is InChI=1S/C13H21NO4/c1-10(8-12(2,3)16)17-6-7-18-11(15)13(9-14)4-5-13/h10,16H,4-8H2,1-3H3. The van der Waals surface area contributed by atoms with Gasteiger partial charge in [-0.2, -0.15) is 5.26 Å². The molecule has 0 aromatic carbocycles. The first-order valence-electron chi connectivity index (χ1n) is 6.21. The summed E-state index contributed by atoms with van der Waals surface area (Å²) in [4.78, 5) is 11.5. The van der Waals surface area contributed by atoms with E-state index in [1.807, 2.05) is 13.0 Å². The summed E-state index contributed by atoms with van der Waals surface area (Å²) in [6, 6.07) is 1.98. The molecule has 1 saturated carbocycles. The molecule has 1 fully saturated rings. The third-order valence-corrected chi connectivity index (χ3v) is 2.86. The Hall–Kier alpha value is -1.12. The molecule has 1 aliphatic rings. The maximum Gasteiger partial charge on any atom is 0.326 e. The summed E-state index contributed by atoms with van der Waals surface area (Å²) in [7, 11) is 0. The molecule has 5 heteroatoms. The number of esters is 1. The molecule has 0 bridgehead atoms. The smallest absolute Gasteiger partial charge is 0.326 e. The third-order valence-electron chi connectivity index (χ3n) is 2.86. The minimum atomic E-state index is -0.876. The minimum absolute atomic E-state index is 0.102. The van der Waals surface area contributed by atoms with Crippen LogP contribution in [0.3, 0.4) is 0 Å². The van der Waals surface area contributed by atoms with E-state index >= 15 is 0 Å². The summed E-state index contributed by atoms with van der Waals surface area (Å²) >= 11 is 0. The summed E-state index contributed by atoms with van der Waals surface area (Å²) in [5, 5.41) is 18.4. The number of nitrogens with zero attached hydrogens (tertiary/aromatic N) is 1. The minimum Gasteiger partial charge on any atom is -0.462 e. The van der Waals surface area contributed by atoms with Crippen molar-refractivity contribution in [1.29, 1.82) is 5.26 Å². The molecular formula is C13H21NO4. The topological polar surface area (TPSA) is 79.5 Å². The zero-order valence-corrected chi connectivity index (χ0v) is 11.2. The molecule has 0 aliphatic heterocycles. The van der Waals surface area contributed by atoms with E-state index in [1.165, 1.54) is 0 Å². The molecule has 1 N–H and O–H groups in total. The first kappa shape index (κ1) is 14.9. The van der Waals surface area contributed by atoms with E-state index < -0.39 is 17.0 Å². The van der Waals surface area contributed by atoms with Gasteiger partial charge in [0.25, 0.3) is 0 Å². The van der Waals surface area contributed by atoms with Crippen molar-refractivity contribution in [2.75, 3.05) is 13.2 Å². The van der Waals surface area contributed by atoms with Crippen molar-refractivity contribution < 1.29 is 19.4 Å². The van der Waals surface area contributed by atoms with Gasteiger partial charge in [0.1, 0.15) is 6.61 Å². The lowest BCUT2D eigenvalue weighted by Crippen LogP contribution is -2.27. The van der Waals surface area contributed by atoms with Crippen LogP contribution in [0.4, 0.5) is 0 Å². The van der Waals surface area contributed by atoms with Gasteiger partial charge in [0.2, 0.25) is 0 Å². The van der Waals surface area contributed by atoms with Gasteiger partial charge in [-0.25, -0.2) is 0 Å². The summed E-state index contributed by atoms with van der Waals surface area (Å²) in [6.45, 7) is 5.73. The fourth-order valence-electron chi connectivity index (χ4n) is 1.77. The Morgan fingerprint density at radius 2 is 2.11 bits per heavy atom. The molecule has 1 rings (SSSR count). The number of ether oxygens (including phenoxy) is 2. The van der Waals surface area contributed by atoms with Crippen molar-refractivity contribution in [1.82, 2.24) is 0 Å². The molecule has 1 unspecified atom stereocenters. The first-order valence-corrected chi connectivity index (χ1v) is 6.21. The number of carbonyl (C=O) groups excluding carboxylic acids is 1. The number of hydrogen-bond donors (Lipinski definition) is 1.